The van der Waals surface area contributed by atoms with Crippen LogP contribution in [-0.4, -0.2) is 67.7 Å². The van der Waals surface area contributed by atoms with Crippen LogP contribution >= 0.6 is 0 Å². The highest BCUT2D eigenvalue weighted by molar-refractivity contribution is 5.69. The van der Waals surface area contributed by atoms with Crippen LogP contribution in [0.3, 0.4) is 0 Å². The largest absolute Gasteiger partial charge is 0.457 e. The molecule has 0 bridgehead atoms. The third-order valence-corrected chi connectivity index (χ3v) is 11.3. The fourth-order valence-electron chi connectivity index (χ4n) is 7.74. The van der Waals surface area contributed by atoms with Crippen LogP contribution in [0, 0.1) is 0 Å². The summed E-state index contributed by atoms with van der Waals surface area (Å²) < 4.78 is 45.5. The Morgan fingerprint density at radius 1 is 0.532 bits per heavy atom. The van der Waals surface area contributed by atoms with Crippen molar-refractivity contribution in [1.29, 1.82) is 0 Å². The van der Waals surface area contributed by atoms with E-state index < -0.39 is 43.4 Å². The highest BCUT2D eigenvalue weighted by Crippen LogP contribution is 2.32. The third-order valence-electron chi connectivity index (χ3n) is 11.3. The summed E-state index contributed by atoms with van der Waals surface area (Å²) in [5.74, 6) is -0.345. The van der Waals surface area contributed by atoms with Gasteiger partial charge in [-0.15, -0.1) is 0 Å². The van der Waals surface area contributed by atoms with E-state index in [1.807, 2.05) is 121 Å². The van der Waals surface area contributed by atoms with Crippen LogP contribution in [0.5, 0.6) is 0 Å². The van der Waals surface area contributed by atoms with Crippen LogP contribution in [0.25, 0.3) is 0 Å². The minimum atomic E-state index is -0.977. The van der Waals surface area contributed by atoms with Crippen LogP contribution < -0.4 is 0 Å². The maximum atomic E-state index is 13.0. The minimum absolute atomic E-state index is 0.102. The zero-order chi connectivity index (χ0) is 43.3. The van der Waals surface area contributed by atoms with Gasteiger partial charge in [-0.1, -0.05) is 205 Å². The first-order valence-corrected chi connectivity index (χ1v) is 23.3. The number of ether oxygens (including phenoxy) is 7. The number of unbranched alkanes of at least 4 members (excludes halogenated alkanes) is 12. The van der Waals surface area contributed by atoms with Crippen molar-refractivity contribution in [2.75, 3.05) is 19.8 Å². The zero-order valence-electron chi connectivity index (χ0n) is 37.1. The molecule has 1 heterocycles. The molecule has 0 radical (unpaired) electrons. The van der Waals surface area contributed by atoms with E-state index in [2.05, 4.69) is 6.92 Å². The maximum absolute atomic E-state index is 13.0. The normalized spacial score (nSPS) is 19.3. The summed E-state index contributed by atoms with van der Waals surface area (Å²) in [7, 11) is 0. The van der Waals surface area contributed by atoms with Gasteiger partial charge >= 0.3 is 5.97 Å². The Hall–Kier alpha value is -3.93. The zero-order valence-corrected chi connectivity index (χ0v) is 37.1. The quantitative estimate of drug-likeness (QED) is 0.0380. The van der Waals surface area contributed by atoms with Crippen molar-refractivity contribution >= 4 is 5.97 Å². The average molecular weight is 853 g/mol. The molecule has 62 heavy (non-hydrogen) atoms. The van der Waals surface area contributed by atoms with E-state index in [4.69, 9.17) is 33.2 Å². The Labute approximate surface area is 371 Å². The molecule has 4 aromatic rings. The van der Waals surface area contributed by atoms with Crippen molar-refractivity contribution in [2.24, 2.45) is 0 Å². The molecule has 338 valence electrons. The fourth-order valence-corrected chi connectivity index (χ4v) is 7.74. The second-order valence-electron chi connectivity index (χ2n) is 16.4. The summed E-state index contributed by atoms with van der Waals surface area (Å²) >= 11 is 0. The third kappa shape index (κ3) is 18.8. The molecule has 0 saturated carbocycles. The molecule has 1 saturated heterocycles. The lowest BCUT2D eigenvalue weighted by molar-refractivity contribution is -0.331. The van der Waals surface area contributed by atoms with Gasteiger partial charge in [0.15, 0.2) is 6.29 Å². The first kappa shape index (κ1) is 49.1. The van der Waals surface area contributed by atoms with Gasteiger partial charge in [-0.25, -0.2) is 0 Å². The molecule has 6 atom stereocenters. The summed E-state index contributed by atoms with van der Waals surface area (Å²) in [5, 5.41) is 10.4. The van der Waals surface area contributed by atoms with Crippen molar-refractivity contribution in [3.05, 3.63) is 144 Å². The highest BCUT2D eigenvalue weighted by atomic mass is 16.7. The summed E-state index contributed by atoms with van der Waals surface area (Å²) in [4.78, 5) is 13.0. The second kappa shape index (κ2) is 30.2. The standard InChI is InChI=1S/C53H72O9/c1-2-3-4-5-6-7-8-9-10-11-12-13-26-35-49(55)61-47(36-54)41-60-53-52(59-40-46-33-24-17-25-34-46)51(58-39-45-31-22-16-23-32-45)50(57-38-44-29-20-15-21-30-44)48(62-53)42-56-37-43-27-18-14-19-28-43/h14-25,27-34,47-48,50-54H,2-13,26,35-42H2,1H3/t47-,48+,50+,51-,52+,53+/m0/s1. The number of carbonyl (C=O) groups is 1. The van der Waals surface area contributed by atoms with Gasteiger partial charge in [-0.2, -0.15) is 0 Å². The maximum Gasteiger partial charge on any atom is 0.306 e. The van der Waals surface area contributed by atoms with E-state index in [-0.39, 0.29) is 25.8 Å². The molecule has 0 aliphatic carbocycles. The molecular formula is C53H72O9. The molecule has 5 rings (SSSR count). The number of hydrogen-bond donors (Lipinski definition) is 1. The van der Waals surface area contributed by atoms with E-state index in [1.54, 1.807) is 0 Å². The van der Waals surface area contributed by atoms with Crippen LogP contribution in [-0.2, 0) is 64.4 Å². The van der Waals surface area contributed by atoms with Gasteiger partial charge in [0.1, 0.15) is 30.5 Å². The Kier molecular flexibility index (Phi) is 23.9. The summed E-state index contributed by atoms with van der Waals surface area (Å²) in [6.07, 6.45) is 11.7. The topological polar surface area (TPSA) is 102 Å². The predicted octanol–water partition coefficient (Wildman–Crippen LogP) is 11.1. The van der Waals surface area contributed by atoms with Crippen LogP contribution in [0.1, 0.15) is 119 Å². The fraction of sp³-hybridized carbons (Fsp3) is 0.528. The van der Waals surface area contributed by atoms with Gasteiger partial charge in [0.05, 0.1) is 46.2 Å². The Morgan fingerprint density at radius 2 is 0.952 bits per heavy atom. The van der Waals surface area contributed by atoms with Gasteiger partial charge in [0, 0.05) is 6.42 Å². The van der Waals surface area contributed by atoms with E-state index in [1.165, 1.54) is 64.2 Å². The highest BCUT2D eigenvalue weighted by Gasteiger charge is 2.49. The number of rotatable bonds is 32. The molecule has 1 aliphatic heterocycles. The van der Waals surface area contributed by atoms with Crippen LogP contribution in [0.2, 0.25) is 0 Å². The lowest BCUT2D eigenvalue weighted by atomic mass is 9.97. The smallest absolute Gasteiger partial charge is 0.306 e. The number of benzene rings is 4. The molecule has 1 fully saturated rings. The first-order valence-electron chi connectivity index (χ1n) is 23.3. The molecule has 4 aromatic carbocycles. The van der Waals surface area contributed by atoms with Gasteiger partial charge in [-0.3, -0.25) is 4.79 Å². The Balaban J connectivity index is 1.23. The average Bonchev–Trinajstić information content (AvgIpc) is 3.31. The monoisotopic (exact) mass is 853 g/mol. The lowest BCUT2D eigenvalue weighted by Gasteiger charge is -2.46. The van der Waals surface area contributed by atoms with E-state index >= 15 is 0 Å². The second-order valence-corrected chi connectivity index (χ2v) is 16.4. The van der Waals surface area contributed by atoms with Crippen molar-refractivity contribution in [3.8, 4) is 0 Å². The molecular weight excluding hydrogens is 781 g/mol. The molecule has 0 amide bonds. The molecule has 9 nitrogen and oxygen atoms in total. The molecule has 9 heteroatoms. The number of carbonyl (C=O) groups excluding carboxylic acids is 1. The summed E-state index contributed by atoms with van der Waals surface area (Å²) in [6.45, 7) is 3.19. The Morgan fingerprint density at radius 3 is 1.42 bits per heavy atom. The minimum Gasteiger partial charge on any atom is -0.457 e. The van der Waals surface area contributed by atoms with Crippen molar-refractivity contribution in [2.45, 2.75) is 160 Å². The van der Waals surface area contributed by atoms with Crippen LogP contribution in [0.4, 0.5) is 0 Å². The molecule has 0 aromatic heterocycles. The van der Waals surface area contributed by atoms with Crippen molar-refractivity contribution < 1.29 is 43.1 Å². The molecule has 1 aliphatic rings. The lowest BCUT2D eigenvalue weighted by Crippen LogP contribution is -2.62. The van der Waals surface area contributed by atoms with Gasteiger partial charge in [-0.05, 0) is 28.7 Å². The van der Waals surface area contributed by atoms with Gasteiger partial charge in [0.2, 0.25) is 0 Å². The molecule has 0 unspecified atom stereocenters. The number of esters is 1. The number of aliphatic hydroxyl groups is 1. The number of hydrogen-bond acceptors (Lipinski definition) is 9. The summed E-state index contributed by atoms with van der Waals surface area (Å²) in [6, 6.07) is 39.9. The van der Waals surface area contributed by atoms with Crippen molar-refractivity contribution in [3.63, 3.8) is 0 Å². The molecule has 1 N–H and O–H groups in total. The molecule has 0 spiro atoms. The summed E-state index contributed by atoms with van der Waals surface area (Å²) in [5.41, 5.74) is 4.00. The van der Waals surface area contributed by atoms with Gasteiger partial charge in [0.25, 0.3) is 0 Å². The van der Waals surface area contributed by atoms with Gasteiger partial charge < -0.3 is 38.3 Å². The van der Waals surface area contributed by atoms with E-state index in [0.29, 0.717) is 26.2 Å². The number of aliphatic hydroxyl groups excluding tert-OH is 1. The first-order chi connectivity index (χ1) is 30.6. The Bertz CT molecular complexity index is 1690. The van der Waals surface area contributed by atoms with E-state index in [9.17, 15) is 9.90 Å². The van der Waals surface area contributed by atoms with Crippen LogP contribution in [0.15, 0.2) is 121 Å². The van der Waals surface area contributed by atoms with E-state index in [0.717, 1.165) is 41.5 Å². The predicted molar refractivity (Wildman–Crippen MR) is 243 cm³/mol. The SMILES string of the molecule is CCCCCCCCCCCCCCCC(=O)O[C@@H](CO)CO[C@@H]1O[C@H](COCc2ccccc2)[C@@H](OCc2ccccc2)[C@H](OCc2ccccc2)[C@H]1OCc1ccccc1. The van der Waals surface area contributed by atoms with Crippen molar-refractivity contribution in [1.82, 2.24) is 0 Å².